The zero-order valence-corrected chi connectivity index (χ0v) is 16.8. The van der Waals surface area contributed by atoms with Gasteiger partial charge in [0.05, 0.1) is 5.38 Å². The Morgan fingerprint density at radius 1 is 0.842 bits per heavy atom. The van der Waals surface area contributed by atoms with Crippen molar-refractivity contribution in [3.05, 3.63) is 0 Å². The Bertz CT molecular complexity index is 238. The first-order chi connectivity index (χ1) is 8.64. The molecule has 0 aliphatic heterocycles. The number of hydrogen-bond donors (Lipinski definition) is 0. The maximum absolute atomic E-state index is 5.91. The van der Waals surface area contributed by atoms with E-state index in [9.17, 15) is 0 Å². The van der Waals surface area contributed by atoms with Crippen molar-refractivity contribution < 1.29 is 13.3 Å². The molecule has 0 aromatic heterocycles. The van der Waals surface area contributed by atoms with Gasteiger partial charge in [0, 0.05) is 19.8 Å². The van der Waals surface area contributed by atoms with Crippen molar-refractivity contribution in [1.29, 1.82) is 0 Å². The van der Waals surface area contributed by atoms with Gasteiger partial charge in [-0.05, 0) is 25.8 Å². The van der Waals surface area contributed by atoms with Gasteiger partial charge in [-0.1, -0.05) is 33.9 Å². The van der Waals surface area contributed by atoms with E-state index >= 15 is 0 Å². The van der Waals surface area contributed by atoms with Gasteiger partial charge < -0.3 is 13.3 Å². The van der Waals surface area contributed by atoms with Crippen LogP contribution in [-0.4, -0.2) is 41.2 Å². The van der Waals surface area contributed by atoms with Crippen molar-refractivity contribution in [2.75, 3.05) is 25.2 Å². The topological polar surface area (TPSA) is 27.7 Å². The smallest absolute Gasteiger partial charge is 0.373 e. The molecule has 0 amide bonds. The Labute approximate surface area is 125 Å². The quantitative estimate of drug-likeness (QED) is 0.591. The molecule has 0 saturated carbocycles. The Morgan fingerprint density at radius 3 is 1.47 bits per heavy atom. The highest BCUT2D eigenvalue weighted by atomic mass is 32.4. The van der Waals surface area contributed by atoms with Crippen LogP contribution >= 0.6 is 11.2 Å². The zero-order chi connectivity index (χ0) is 15.2. The van der Waals surface area contributed by atoms with Gasteiger partial charge in [0.25, 0.3) is 0 Å². The summed E-state index contributed by atoms with van der Waals surface area (Å²) in [7, 11) is -3.88. The monoisotopic (exact) mass is 324 g/mol. The minimum absolute atomic E-state index is 0.364. The molecule has 6 heteroatoms. The maximum atomic E-state index is 5.91. The molecule has 0 radical (unpaired) electrons. The van der Waals surface area contributed by atoms with E-state index < -0.39 is 16.0 Å². The molecule has 0 rings (SSSR count). The van der Waals surface area contributed by atoms with Crippen LogP contribution in [0.15, 0.2) is 0 Å². The molecule has 19 heavy (non-hydrogen) atoms. The molecule has 0 aliphatic carbocycles. The number of rotatable bonds is 9. The van der Waals surface area contributed by atoms with E-state index in [1.54, 1.807) is 0 Å². The largest absolute Gasteiger partial charge is 0.510 e. The van der Waals surface area contributed by atoms with Crippen molar-refractivity contribution in [2.24, 2.45) is 0 Å². The van der Waals surface area contributed by atoms with Crippen molar-refractivity contribution in [3.8, 4) is 0 Å². The van der Waals surface area contributed by atoms with E-state index in [0.29, 0.717) is 24.9 Å². The lowest BCUT2D eigenvalue weighted by atomic mass is 10.2. The molecule has 0 saturated heterocycles. The van der Waals surface area contributed by atoms with Crippen molar-refractivity contribution in [2.45, 2.75) is 59.7 Å². The third-order valence-corrected chi connectivity index (χ3v) is 17.3. The van der Waals surface area contributed by atoms with Crippen LogP contribution in [0.25, 0.3) is 0 Å². The Morgan fingerprint density at radius 2 is 1.21 bits per heavy atom. The second-order valence-corrected chi connectivity index (χ2v) is 18.2. The SMILES string of the molecule is CCO[Si](CS[Si](C)(C)C(C)(C)C)(OCC)OCC. The zero-order valence-electron chi connectivity index (χ0n) is 14.0. The predicted molar refractivity (Wildman–Crippen MR) is 90.3 cm³/mol. The van der Waals surface area contributed by atoms with Crippen LogP contribution in [0.1, 0.15) is 41.5 Å². The van der Waals surface area contributed by atoms with E-state index in [-0.39, 0.29) is 0 Å². The minimum atomic E-state index is -2.49. The summed E-state index contributed by atoms with van der Waals surface area (Å²) in [5.41, 5.74) is 0. The van der Waals surface area contributed by atoms with Crippen LogP contribution in [0.3, 0.4) is 0 Å². The third kappa shape index (κ3) is 6.31. The summed E-state index contributed by atoms with van der Waals surface area (Å²) >= 11 is 2.04. The van der Waals surface area contributed by atoms with Gasteiger partial charge in [-0.25, -0.2) is 0 Å². The van der Waals surface area contributed by atoms with Gasteiger partial charge in [0.1, 0.15) is 7.22 Å². The average molecular weight is 325 g/mol. The van der Waals surface area contributed by atoms with Crippen molar-refractivity contribution in [1.82, 2.24) is 0 Å². The maximum Gasteiger partial charge on any atom is 0.510 e. The average Bonchev–Trinajstić information content (AvgIpc) is 2.26. The Hall–Kier alpha value is 0.664. The molecule has 0 aromatic carbocycles. The summed E-state index contributed by atoms with van der Waals surface area (Å²) in [6.45, 7) is 19.8. The van der Waals surface area contributed by atoms with Crippen LogP contribution in [0, 0.1) is 0 Å². The molecule has 0 heterocycles. The van der Waals surface area contributed by atoms with Crippen LogP contribution in [0.5, 0.6) is 0 Å². The minimum Gasteiger partial charge on any atom is -0.373 e. The Balaban J connectivity index is 4.81. The van der Waals surface area contributed by atoms with Gasteiger partial charge in [0.2, 0.25) is 0 Å². The first-order valence-corrected chi connectivity index (χ1v) is 13.8. The predicted octanol–water partition coefficient (Wildman–Crippen LogP) is 4.31. The fraction of sp³-hybridized carbons (Fsp3) is 1.00. The van der Waals surface area contributed by atoms with Crippen LogP contribution in [0.2, 0.25) is 18.1 Å². The van der Waals surface area contributed by atoms with Gasteiger partial charge >= 0.3 is 8.80 Å². The molecule has 0 bridgehead atoms. The normalized spacial score (nSPS) is 13.9. The van der Waals surface area contributed by atoms with E-state index in [2.05, 4.69) is 33.9 Å². The van der Waals surface area contributed by atoms with E-state index in [4.69, 9.17) is 13.3 Å². The van der Waals surface area contributed by atoms with Gasteiger partial charge in [-0.3, -0.25) is 0 Å². The van der Waals surface area contributed by atoms with E-state index in [1.165, 1.54) is 0 Å². The van der Waals surface area contributed by atoms with E-state index in [1.807, 2.05) is 32.0 Å². The lowest BCUT2D eigenvalue weighted by molar-refractivity contribution is 0.0773. The van der Waals surface area contributed by atoms with Gasteiger partial charge in [0.15, 0.2) is 0 Å². The molecule has 0 aliphatic rings. The molecule has 3 nitrogen and oxygen atoms in total. The standard InChI is InChI=1S/C13H32O3SSi2/c1-9-14-19(15-10-2,16-11-3)12-17-18(7,8)13(4,5)6/h9-12H2,1-8H3. The molecule has 0 fully saturated rings. The van der Waals surface area contributed by atoms with Gasteiger partial charge in [-0.2, -0.15) is 11.2 Å². The highest BCUT2D eigenvalue weighted by Gasteiger charge is 2.45. The summed E-state index contributed by atoms with van der Waals surface area (Å²) in [5.74, 6) is 0. The second kappa shape index (κ2) is 8.19. The highest BCUT2D eigenvalue weighted by molar-refractivity contribution is 8.29. The lowest BCUT2D eigenvalue weighted by Crippen LogP contribution is -2.51. The summed E-state index contributed by atoms with van der Waals surface area (Å²) < 4.78 is 17.7. The molecule has 0 atom stereocenters. The summed E-state index contributed by atoms with van der Waals surface area (Å²) in [4.78, 5) is 0. The lowest BCUT2D eigenvalue weighted by Gasteiger charge is -2.38. The molecular weight excluding hydrogens is 292 g/mol. The van der Waals surface area contributed by atoms with Crippen LogP contribution in [-0.2, 0) is 13.3 Å². The van der Waals surface area contributed by atoms with E-state index in [0.717, 1.165) is 5.38 Å². The first kappa shape index (κ1) is 19.7. The summed E-state index contributed by atoms with van der Waals surface area (Å²) in [5, 5.41) is 1.24. The molecular formula is C13H32O3SSi2. The van der Waals surface area contributed by atoms with Crippen LogP contribution in [0.4, 0.5) is 0 Å². The summed E-state index contributed by atoms with van der Waals surface area (Å²) in [6.07, 6.45) is 0. The molecule has 116 valence electrons. The van der Waals surface area contributed by atoms with Gasteiger partial charge in [-0.15, -0.1) is 0 Å². The fourth-order valence-electron chi connectivity index (χ4n) is 1.40. The summed E-state index contributed by atoms with van der Waals surface area (Å²) in [6, 6.07) is 0. The second-order valence-electron chi connectivity index (χ2n) is 6.03. The number of hydrogen-bond acceptors (Lipinski definition) is 4. The molecule has 0 aromatic rings. The first-order valence-electron chi connectivity index (χ1n) is 7.20. The molecule has 0 N–H and O–H groups in total. The fourth-order valence-corrected chi connectivity index (χ4v) is 12.7. The Kier molecular flexibility index (Phi) is 8.48. The highest BCUT2D eigenvalue weighted by Crippen LogP contribution is 2.44. The third-order valence-electron chi connectivity index (χ3n) is 3.51. The van der Waals surface area contributed by atoms with Crippen LogP contribution < -0.4 is 0 Å². The molecule has 0 spiro atoms. The van der Waals surface area contributed by atoms with Crippen molar-refractivity contribution >= 4 is 27.2 Å². The molecule has 0 unspecified atom stereocenters. The van der Waals surface area contributed by atoms with Crippen molar-refractivity contribution in [3.63, 3.8) is 0 Å².